The number of alkyl halides is 3. The molecular formula is C10H15F3N4O. The number of aromatic nitrogens is 2. The minimum atomic E-state index is -4.60. The predicted molar refractivity (Wildman–Crippen MR) is 61.6 cm³/mol. The van der Waals surface area contributed by atoms with Crippen molar-refractivity contribution in [3.63, 3.8) is 0 Å². The summed E-state index contributed by atoms with van der Waals surface area (Å²) in [6.07, 6.45) is -4.60. The predicted octanol–water partition coefficient (Wildman–Crippen LogP) is 1.36. The number of hydrogen-bond acceptors (Lipinski definition) is 5. The van der Waals surface area contributed by atoms with Crippen molar-refractivity contribution < 1.29 is 18.3 Å². The summed E-state index contributed by atoms with van der Waals surface area (Å²) in [4.78, 5) is 8.27. The fourth-order valence-electron chi connectivity index (χ4n) is 1.29. The van der Waals surface area contributed by atoms with Crippen LogP contribution < -0.4 is 10.2 Å². The molecule has 0 aliphatic heterocycles. The van der Waals surface area contributed by atoms with Crippen LogP contribution in [0.1, 0.15) is 12.7 Å². The number of anilines is 2. The number of rotatable bonds is 5. The van der Waals surface area contributed by atoms with E-state index in [9.17, 15) is 13.2 Å². The van der Waals surface area contributed by atoms with Gasteiger partial charge in [-0.1, -0.05) is 0 Å². The summed E-state index contributed by atoms with van der Waals surface area (Å²) < 4.78 is 37.9. The molecule has 0 aliphatic rings. The average Bonchev–Trinajstić information content (AvgIpc) is 2.28. The van der Waals surface area contributed by atoms with E-state index in [1.807, 2.05) is 0 Å². The third kappa shape index (κ3) is 3.73. The molecule has 18 heavy (non-hydrogen) atoms. The third-order valence-electron chi connectivity index (χ3n) is 2.15. The van der Waals surface area contributed by atoms with Gasteiger partial charge in [-0.25, -0.2) is 9.97 Å². The topological polar surface area (TPSA) is 61.3 Å². The largest absolute Gasteiger partial charge is 0.451 e. The van der Waals surface area contributed by atoms with Crippen molar-refractivity contribution in [3.05, 3.63) is 11.9 Å². The molecule has 1 aromatic rings. The lowest BCUT2D eigenvalue weighted by atomic mass is 10.4. The highest BCUT2D eigenvalue weighted by atomic mass is 19.4. The third-order valence-corrected chi connectivity index (χ3v) is 2.15. The molecule has 5 nitrogen and oxygen atoms in total. The first-order chi connectivity index (χ1) is 8.38. The van der Waals surface area contributed by atoms with Crippen LogP contribution in [0.3, 0.4) is 0 Å². The molecule has 1 heterocycles. The number of hydrogen-bond donors (Lipinski definition) is 2. The maximum Gasteiger partial charge on any atom is 0.451 e. The molecule has 0 saturated carbocycles. The second-order valence-electron chi connectivity index (χ2n) is 3.61. The summed E-state index contributed by atoms with van der Waals surface area (Å²) in [6.45, 7) is 2.24. The van der Waals surface area contributed by atoms with Gasteiger partial charge in [0.2, 0.25) is 5.82 Å². The molecule has 102 valence electrons. The van der Waals surface area contributed by atoms with Crippen LogP contribution in [-0.2, 0) is 6.18 Å². The molecule has 1 aromatic heterocycles. The van der Waals surface area contributed by atoms with Crippen molar-refractivity contribution in [3.8, 4) is 0 Å². The molecule has 8 heteroatoms. The molecule has 0 radical (unpaired) electrons. The fraction of sp³-hybridized carbons (Fsp3) is 0.600. The molecule has 0 bridgehead atoms. The SMILES string of the molecule is CCNc1cc(N(C)CCO)nc(C(F)(F)F)n1. The average molecular weight is 264 g/mol. The lowest BCUT2D eigenvalue weighted by Crippen LogP contribution is -2.24. The van der Waals surface area contributed by atoms with Gasteiger partial charge in [0, 0.05) is 26.2 Å². The monoisotopic (exact) mass is 264 g/mol. The van der Waals surface area contributed by atoms with Crippen LogP contribution in [0.4, 0.5) is 24.8 Å². The minimum Gasteiger partial charge on any atom is -0.395 e. The number of aliphatic hydroxyl groups is 1. The summed E-state index contributed by atoms with van der Waals surface area (Å²) in [5.41, 5.74) is 0. The normalized spacial score (nSPS) is 11.4. The second kappa shape index (κ2) is 5.85. The fourth-order valence-corrected chi connectivity index (χ4v) is 1.29. The Morgan fingerprint density at radius 3 is 2.56 bits per heavy atom. The number of aliphatic hydroxyl groups excluding tert-OH is 1. The van der Waals surface area contributed by atoms with Gasteiger partial charge >= 0.3 is 6.18 Å². The Hall–Kier alpha value is -1.57. The van der Waals surface area contributed by atoms with E-state index in [-0.39, 0.29) is 24.8 Å². The van der Waals surface area contributed by atoms with Crippen molar-refractivity contribution in [2.45, 2.75) is 13.1 Å². The van der Waals surface area contributed by atoms with Crippen LogP contribution in [-0.4, -0.2) is 41.8 Å². The first-order valence-corrected chi connectivity index (χ1v) is 5.40. The number of halogens is 3. The highest BCUT2D eigenvalue weighted by Crippen LogP contribution is 2.28. The van der Waals surface area contributed by atoms with Gasteiger partial charge in [-0.2, -0.15) is 13.2 Å². The zero-order valence-electron chi connectivity index (χ0n) is 10.1. The quantitative estimate of drug-likeness (QED) is 0.840. The van der Waals surface area contributed by atoms with Gasteiger partial charge in [0.25, 0.3) is 0 Å². The van der Waals surface area contributed by atoms with Crippen molar-refractivity contribution in [2.24, 2.45) is 0 Å². The molecule has 0 unspecified atom stereocenters. The van der Waals surface area contributed by atoms with E-state index in [2.05, 4.69) is 15.3 Å². The molecule has 2 N–H and O–H groups in total. The number of nitrogens with one attached hydrogen (secondary N) is 1. The van der Waals surface area contributed by atoms with E-state index >= 15 is 0 Å². The molecule has 0 spiro atoms. The molecule has 0 aromatic carbocycles. The van der Waals surface area contributed by atoms with E-state index in [0.29, 0.717) is 6.54 Å². The summed E-state index contributed by atoms with van der Waals surface area (Å²) >= 11 is 0. The Kier molecular flexibility index (Phi) is 4.71. The van der Waals surface area contributed by atoms with E-state index in [0.717, 1.165) is 0 Å². The van der Waals surface area contributed by atoms with Crippen molar-refractivity contribution >= 4 is 11.6 Å². The molecule has 0 saturated heterocycles. The Labute approximate surface area is 103 Å². The van der Waals surface area contributed by atoms with Gasteiger partial charge in [0.15, 0.2) is 0 Å². The van der Waals surface area contributed by atoms with E-state index in [4.69, 9.17) is 5.11 Å². The first-order valence-electron chi connectivity index (χ1n) is 5.40. The Bertz CT molecular complexity index is 397. The molecule has 0 aliphatic carbocycles. The molecular weight excluding hydrogens is 249 g/mol. The molecule has 0 amide bonds. The van der Waals surface area contributed by atoms with E-state index in [1.165, 1.54) is 11.0 Å². The van der Waals surface area contributed by atoms with Gasteiger partial charge in [0.05, 0.1) is 6.61 Å². The second-order valence-corrected chi connectivity index (χ2v) is 3.61. The maximum atomic E-state index is 12.6. The van der Waals surface area contributed by atoms with Crippen LogP contribution >= 0.6 is 0 Å². The minimum absolute atomic E-state index is 0.111. The standard InChI is InChI=1S/C10H15F3N4O/c1-3-14-7-6-8(17(2)4-5-18)16-9(15-7)10(11,12)13/h6,18H,3-5H2,1-2H3,(H,14,15,16). The van der Waals surface area contributed by atoms with Gasteiger partial charge in [0.1, 0.15) is 11.6 Å². The molecule has 0 fully saturated rings. The lowest BCUT2D eigenvalue weighted by molar-refractivity contribution is -0.144. The smallest absolute Gasteiger partial charge is 0.395 e. The van der Waals surface area contributed by atoms with Gasteiger partial charge in [-0.05, 0) is 6.92 Å². The van der Waals surface area contributed by atoms with E-state index < -0.39 is 12.0 Å². The summed E-state index contributed by atoms with van der Waals surface area (Å²) in [6, 6.07) is 1.41. The molecule has 1 rings (SSSR count). The van der Waals surface area contributed by atoms with Crippen LogP contribution in [0.5, 0.6) is 0 Å². The van der Waals surface area contributed by atoms with Crippen molar-refractivity contribution in [1.29, 1.82) is 0 Å². The van der Waals surface area contributed by atoms with Crippen LogP contribution in [0.15, 0.2) is 6.07 Å². The zero-order valence-corrected chi connectivity index (χ0v) is 10.1. The van der Waals surface area contributed by atoms with E-state index in [1.54, 1.807) is 14.0 Å². The zero-order chi connectivity index (χ0) is 13.8. The van der Waals surface area contributed by atoms with Crippen LogP contribution in [0, 0.1) is 0 Å². The Morgan fingerprint density at radius 2 is 2.06 bits per heavy atom. The summed E-state index contributed by atoms with van der Waals surface area (Å²) in [5, 5.41) is 11.5. The Morgan fingerprint density at radius 1 is 1.39 bits per heavy atom. The molecule has 0 atom stereocenters. The summed E-state index contributed by atoms with van der Waals surface area (Å²) in [5.74, 6) is -0.970. The highest BCUT2D eigenvalue weighted by molar-refractivity contribution is 5.49. The van der Waals surface area contributed by atoms with Gasteiger partial charge in [-0.3, -0.25) is 0 Å². The summed E-state index contributed by atoms with van der Waals surface area (Å²) in [7, 11) is 1.55. The maximum absolute atomic E-state index is 12.6. The van der Waals surface area contributed by atoms with Crippen molar-refractivity contribution in [2.75, 3.05) is 37.0 Å². The van der Waals surface area contributed by atoms with Gasteiger partial charge < -0.3 is 15.3 Å². The number of nitrogens with zero attached hydrogens (tertiary/aromatic N) is 3. The lowest BCUT2D eigenvalue weighted by Gasteiger charge is -2.19. The number of likely N-dealkylation sites (N-methyl/N-ethyl adjacent to an activating group) is 1. The van der Waals surface area contributed by atoms with Gasteiger partial charge in [-0.15, -0.1) is 0 Å². The Balaban J connectivity index is 3.13. The highest BCUT2D eigenvalue weighted by Gasteiger charge is 2.35. The van der Waals surface area contributed by atoms with Crippen LogP contribution in [0.2, 0.25) is 0 Å². The van der Waals surface area contributed by atoms with Crippen LogP contribution in [0.25, 0.3) is 0 Å². The van der Waals surface area contributed by atoms with Crippen molar-refractivity contribution in [1.82, 2.24) is 9.97 Å². The first kappa shape index (κ1) is 14.5.